The molecule has 2 aromatic carbocycles. The Morgan fingerprint density at radius 1 is 1.09 bits per heavy atom. The fourth-order valence-corrected chi connectivity index (χ4v) is 4.71. The van der Waals surface area contributed by atoms with Crippen LogP contribution in [-0.4, -0.2) is 50.0 Å². The maximum atomic E-state index is 12.7. The van der Waals surface area contributed by atoms with Gasteiger partial charge in [0.05, 0.1) is 18.1 Å². The molecule has 0 saturated carbocycles. The largest absolute Gasteiger partial charge is 0.456 e. The van der Waals surface area contributed by atoms with Crippen LogP contribution in [0.4, 0.5) is 0 Å². The van der Waals surface area contributed by atoms with E-state index in [1.807, 2.05) is 30.3 Å². The average molecular weight is 469 g/mol. The molecule has 3 aromatic rings. The molecule has 0 bridgehead atoms. The Morgan fingerprint density at radius 2 is 1.79 bits per heavy atom. The van der Waals surface area contributed by atoms with Crippen LogP contribution in [0.15, 0.2) is 70.0 Å². The number of sulfonamides is 1. The predicted molar refractivity (Wildman–Crippen MR) is 122 cm³/mol. The van der Waals surface area contributed by atoms with Crippen molar-refractivity contribution in [3.05, 3.63) is 77.7 Å². The number of carbonyl (C=O) groups is 1. The van der Waals surface area contributed by atoms with Crippen molar-refractivity contribution < 1.29 is 27.1 Å². The Kier molecular flexibility index (Phi) is 7.02. The molecule has 172 valence electrons. The molecule has 0 aliphatic carbocycles. The van der Waals surface area contributed by atoms with Crippen molar-refractivity contribution in [2.75, 3.05) is 26.3 Å². The van der Waals surface area contributed by atoms with Crippen molar-refractivity contribution in [2.45, 2.75) is 18.4 Å². The van der Waals surface area contributed by atoms with E-state index >= 15 is 0 Å². The van der Waals surface area contributed by atoms with E-state index in [4.69, 9.17) is 13.9 Å². The van der Waals surface area contributed by atoms with Crippen LogP contribution < -0.4 is 0 Å². The molecular weight excluding hydrogens is 444 g/mol. The summed E-state index contributed by atoms with van der Waals surface area (Å²) in [5.41, 5.74) is 2.07. The number of oxazole rings is 1. The van der Waals surface area contributed by atoms with Gasteiger partial charge in [0, 0.05) is 24.7 Å². The van der Waals surface area contributed by atoms with Gasteiger partial charge in [0.25, 0.3) is 0 Å². The Labute approximate surface area is 192 Å². The standard InChI is InChI=1S/C24H24N2O6S/c1-18-22(25-24(32-18)20-5-3-2-4-6-20)17-31-23(27)12-9-19-7-10-21(11-8-19)33(28,29)26-13-15-30-16-14-26/h2-12H,13-17H2,1H3/b12-9+. The monoisotopic (exact) mass is 468 g/mol. The fourth-order valence-electron chi connectivity index (χ4n) is 3.30. The normalized spacial score (nSPS) is 15.1. The molecule has 9 heteroatoms. The summed E-state index contributed by atoms with van der Waals surface area (Å²) in [7, 11) is -3.55. The van der Waals surface area contributed by atoms with E-state index in [-0.39, 0.29) is 11.5 Å². The summed E-state index contributed by atoms with van der Waals surface area (Å²) >= 11 is 0. The summed E-state index contributed by atoms with van der Waals surface area (Å²) in [5.74, 6) is 0.521. The minimum absolute atomic E-state index is 0.0118. The van der Waals surface area contributed by atoms with Gasteiger partial charge in [-0.2, -0.15) is 4.31 Å². The first kappa shape index (κ1) is 22.9. The van der Waals surface area contributed by atoms with Gasteiger partial charge in [-0.1, -0.05) is 30.3 Å². The van der Waals surface area contributed by atoms with Crippen LogP contribution in [0.25, 0.3) is 17.5 Å². The lowest BCUT2D eigenvalue weighted by molar-refractivity contribution is -0.139. The second-order valence-corrected chi connectivity index (χ2v) is 9.35. The third-order valence-corrected chi connectivity index (χ3v) is 7.08. The van der Waals surface area contributed by atoms with E-state index < -0.39 is 16.0 Å². The first-order chi connectivity index (χ1) is 15.9. The molecule has 0 unspecified atom stereocenters. The summed E-state index contributed by atoms with van der Waals surface area (Å²) in [6, 6.07) is 15.8. The van der Waals surface area contributed by atoms with Gasteiger partial charge < -0.3 is 13.9 Å². The molecule has 0 radical (unpaired) electrons. The lowest BCUT2D eigenvalue weighted by Crippen LogP contribution is -2.40. The van der Waals surface area contributed by atoms with Crippen LogP contribution >= 0.6 is 0 Å². The van der Waals surface area contributed by atoms with Crippen molar-refractivity contribution in [3.63, 3.8) is 0 Å². The smallest absolute Gasteiger partial charge is 0.331 e. The quantitative estimate of drug-likeness (QED) is 0.387. The first-order valence-corrected chi connectivity index (χ1v) is 11.9. The van der Waals surface area contributed by atoms with E-state index in [0.29, 0.717) is 49.2 Å². The molecule has 0 spiro atoms. The SMILES string of the molecule is Cc1oc(-c2ccccc2)nc1COC(=O)/C=C/c1ccc(S(=O)(=O)N2CCOCC2)cc1. The van der Waals surface area contributed by atoms with E-state index in [0.717, 1.165) is 5.56 Å². The highest BCUT2D eigenvalue weighted by Gasteiger charge is 2.26. The summed E-state index contributed by atoms with van der Waals surface area (Å²) < 4.78 is 42.9. The van der Waals surface area contributed by atoms with Gasteiger partial charge in [0.15, 0.2) is 0 Å². The minimum Gasteiger partial charge on any atom is -0.456 e. The Morgan fingerprint density at radius 3 is 2.48 bits per heavy atom. The zero-order valence-electron chi connectivity index (χ0n) is 18.1. The number of ether oxygens (including phenoxy) is 2. The second kappa shape index (κ2) is 10.1. The maximum absolute atomic E-state index is 12.7. The molecule has 0 amide bonds. The van der Waals surface area contributed by atoms with Crippen LogP contribution in [0.1, 0.15) is 17.0 Å². The molecule has 33 heavy (non-hydrogen) atoms. The van der Waals surface area contributed by atoms with Gasteiger partial charge in [-0.05, 0) is 42.8 Å². The lowest BCUT2D eigenvalue weighted by Gasteiger charge is -2.26. The van der Waals surface area contributed by atoms with Crippen LogP contribution in [0.3, 0.4) is 0 Å². The van der Waals surface area contributed by atoms with Crippen LogP contribution in [0.2, 0.25) is 0 Å². The van der Waals surface area contributed by atoms with Crippen molar-refractivity contribution in [2.24, 2.45) is 0 Å². The number of aryl methyl sites for hydroxylation is 1. The van der Waals surface area contributed by atoms with Crippen molar-refractivity contribution in [3.8, 4) is 11.5 Å². The van der Waals surface area contributed by atoms with Crippen LogP contribution in [-0.2, 0) is 30.9 Å². The van der Waals surface area contributed by atoms with Gasteiger partial charge >= 0.3 is 5.97 Å². The molecule has 4 rings (SSSR count). The summed E-state index contributed by atoms with van der Waals surface area (Å²) in [6.07, 6.45) is 2.86. The number of rotatable bonds is 7. The molecule has 0 atom stereocenters. The Bertz CT molecular complexity index is 1230. The number of aromatic nitrogens is 1. The van der Waals surface area contributed by atoms with Crippen molar-refractivity contribution >= 4 is 22.1 Å². The number of hydrogen-bond acceptors (Lipinski definition) is 7. The summed E-state index contributed by atoms with van der Waals surface area (Å²) in [5, 5.41) is 0. The molecular formula is C24H24N2O6S. The molecule has 1 saturated heterocycles. The zero-order valence-corrected chi connectivity index (χ0v) is 19.0. The number of carbonyl (C=O) groups excluding carboxylic acids is 1. The van der Waals surface area contributed by atoms with Gasteiger partial charge in [-0.15, -0.1) is 0 Å². The highest BCUT2D eigenvalue weighted by molar-refractivity contribution is 7.89. The first-order valence-electron chi connectivity index (χ1n) is 10.5. The summed E-state index contributed by atoms with van der Waals surface area (Å²) in [4.78, 5) is 16.7. The average Bonchev–Trinajstić information content (AvgIpc) is 3.23. The number of benzene rings is 2. The lowest BCUT2D eigenvalue weighted by atomic mass is 10.2. The Balaban J connectivity index is 1.34. The van der Waals surface area contributed by atoms with Crippen molar-refractivity contribution in [1.29, 1.82) is 0 Å². The van der Waals surface area contributed by atoms with Crippen LogP contribution in [0, 0.1) is 6.92 Å². The maximum Gasteiger partial charge on any atom is 0.331 e. The zero-order chi connectivity index (χ0) is 23.3. The number of hydrogen-bond donors (Lipinski definition) is 0. The van der Waals surface area contributed by atoms with Gasteiger partial charge in [-0.25, -0.2) is 18.2 Å². The molecule has 0 N–H and O–H groups in total. The number of nitrogens with zero attached hydrogens (tertiary/aromatic N) is 2. The third-order valence-electron chi connectivity index (χ3n) is 5.16. The van der Waals surface area contributed by atoms with Gasteiger partial charge in [0.1, 0.15) is 18.1 Å². The predicted octanol–water partition coefficient (Wildman–Crippen LogP) is 3.43. The molecule has 1 aliphatic heterocycles. The van der Waals surface area contributed by atoms with Gasteiger partial charge in [0.2, 0.25) is 15.9 Å². The number of morpholine rings is 1. The molecule has 8 nitrogen and oxygen atoms in total. The topological polar surface area (TPSA) is 98.9 Å². The Hall–Kier alpha value is -3.27. The molecule has 2 heterocycles. The van der Waals surface area contributed by atoms with E-state index in [1.165, 1.54) is 22.5 Å². The third kappa shape index (κ3) is 5.57. The van der Waals surface area contributed by atoms with Crippen molar-refractivity contribution in [1.82, 2.24) is 9.29 Å². The van der Waals surface area contributed by atoms with Crippen LogP contribution in [0.5, 0.6) is 0 Å². The minimum atomic E-state index is -3.55. The van der Waals surface area contributed by atoms with Gasteiger partial charge in [-0.3, -0.25) is 0 Å². The van der Waals surface area contributed by atoms with E-state index in [2.05, 4.69) is 4.98 Å². The van der Waals surface area contributed by atoms with E-state index in [1.54, 1.807) is 25.1 Å². The molecule has 1 fully saturated rings. The molecule has 1 aromatic heterocycles. The number of esters is 1. The second-order valence-electron chi connectivity index (χ2n) is 7.41. The fraction of sp³-hybridized carbons (Fsp3) is 0.250. The highest BCUT2D eigenvalue weighted by Crippen LogP contribution is 2.22. The van der Waals surface area contributed by atoms with E-state index in [9.17, 15) is 13.2 Å². The molecule has 1 aliphatic rings. The highest BCUT2D eigenvalue weighted by atomic mass is 32.2. The summed E-state index contributed by atoms with van der Waals surface area (Å²) in [6.45, 7) is 3.22.